The molecule has 2 aromatic heterocycles. The average Bonchev–Trinajstić information content (AvgIpc) is 3.03. The molecule has 9 heteroatoms. The van der Waals surface area contributed by atoms with Crippen molar-refractivity contribution in [2.24, 2.45) is 0 Å². The lowest BCUT2D eigenvalue weighted by atomic mass is 10.3. The van der Waals surface area contributed by atoms with E-state index >= 15 is 0 Å². The van der Waals surface area contributed by atoms with E-state index in [-0.39, 0.29) is 11.5 Å². The number of fused-ring (bicyclic) bond motifs is 1. The predicted octanol–water partition coefficient (Wildman–Crippen LogP) is 2.24. The molecule has 1 amide bonds. The second-order valence-corrected chi connectivity index (χ2v) is 5.90. The normalized spacial score (nSPS) is 10.8. The molecule has 0 fully saturated rings. The van der Waals surface area contributed by atoms with Crippen molar-refractivity contribution in [2.75, 3.05) is 17.3 Å². The highest BCUT2D eigenvalue weighted by Gasteiger charge is 2.16. The predicted molar refractivity (Wildman–Crippen MR) is 78.1 cm³/mol. The molecule has 1 aromatic carbocycles. The average molecular weight is 307 g/mol. The highest BCUT2D eigenvalue weighted by Crippen LogP contribution is 2.30. The second kappa shape index (κ2) is 5.10. The monoisotopic (exact) mass is 307 g/mol. The molecule has 0 aliphatic rings. The molecule has 0 saturated heterocycles. The number of amides is 1. The Hall–Kier alpha value is -2.13. The minimum atomic E-state index is -0.460. The van der Waals surface area contributed by atoms with E-state index in [1.54, 1.807) is 29.2 Å². The largest absolute Gasteiger partial charge is 0.379 e. The molecular formula is C11H9N5O2S2. The van der Waals surface area contributed by atoms with E-state index in [9.17, 15) is 4.79 Å². The van der Waals surface area contributed by atoms with Crippen LogP contribution in [0.5, 0.6) is 0 Å². The topological polar surface area (TPSA) is 107 Å². The Bertz CT molecular complexity index is 782. The van der Waals surface area contributed by atoms with Crippen LogP contribution in [0.15, 0.2) is 27.2 Å². The number of carbonyl (C=O) groups excluding carboxylic acids is 1. The first-order valence-electron chi connectivity index (χ1n) is 5.51. The molecule has 0 unspecified atom stereocenters. The summed E-state index contributed by atoms with van der Waals surface area (Å²) in [6.07, 6.45) is 1.97. The van der Waals surface area contributed by atoms with E-state index in [1.165, 1.54) is 0 Å². The smallest absolute Gasteiger partial charge is 0.281 e. The van der Waals surface area contributed by atoms with Crippen LogP contribution in [0.4, 0.5) is 11.5 Å². The van der Waals surface area contributed by atoms with Gasteiger partial charge in [0.1, 0.15) is 0 Å². The van der Waals surface area contributed by atoms with Crippen molar-refractivity contribution >= 4 is 50.7 Å². The lowest BCUT2D eigenvalue weighted by Gasteiger charge is -2.02. The van der Waals surface area contributed by atoms with Crippen LogP contribution in [-0.4, -0.2) is 27.5 Å². The summed E-state index contributed by atoms with van der Waals surface area (Å²) in [5, 5.41) is 9.51. The molecule has 20 heavy (non-hydrogen) atoms. The number of thiazole rings is 1. The molecule has 0 bridgehead atoms. The molecule has 2 heterocycles. The molecule has 0 radical (unpaired) electrons. The molecule has 7 nitrogen and oxygen atoms in total. The number of rotatable bonds is 3. The quantitative estimate of drug-likeness (QED) is 0.714. The van der Waals surface area contributed by atoms with Crippen molar-refractivity contribution in [3.63, 3.8) is 0 Å². The lowest BCUT2D eigenvalue weighted by Crippen LogP contribution is -2.14. The number of nitrogens with two attached hydrogens (primary N) is 1. The Kier molecular flexibility index (Phi) is 3.28. The fourth-order valence-corrected chi connectivity index (χ4v) is 3.14. The van der Waals surface area contributed by atoms with E-state index in [0.29, 0.717) is 5.69 Å². The van der Waals surface area contributed by atoms with Crippen LogP contribution in [0.1, 0.15) is 10.5 Å². The van der Waals surface area contributed by atoms with Crippen LogP contribution in [0, 0.1) is 0 Å². The van der Waals surface area contributed by atoms with Gasteiger partial charge in [-0.1, -0.05) is 11.8 Å². The Morgan fingerprint density at radius 2 is 2.30 bits per heavy atom. The van der Waals surface area contributed by atoms with Gasteiger partial charge in [-0.3, -0.25) is 4.79 Å². The Morgan fingerprint density at radius 3 is 3.00 bits per heavy atom. The SMILES string of the molecule is CSc1nc2ccc(NC(=O)c3nonc3N)cc2s1. The molecule has 3 aromatic rings. The van der Waals surface area contributed by atoms with Crippen LogP contribution in [0.2, 0.25) is 0 Å². The minimum absolute atomic E-state index is 0.0285. The van der Waals surface area contributed by atoms with E-state index in [1.807, 2.05) is 18.4 Å². The van der Waals surface area contributed by atoms with Gasteiger partial charge in [-0.25, -0.2) is 9.61 Å². The molecule has 102 valence electrons. The highest BCUT2D eigenvalue weighted by atomic mass is 32.2. The highest BCUT2D eigenvalue weighted by molar-refractivity contribution is 8.00. The standard InChI is InChI=1S/C11H9N5O2S2/c1-19-11-14-6-3-2-5(4-7(6)20-11)13-10(17)8-9(12)16-18-15-8/h2-4H,1H3,(H2,12,16)(H,13,17). The van der Waals surface area contributed by atoms with E-state index < -0.39 is 5.91 Å². The van der Waals surface area contributed by atoms with Crippen LogP contribution in [0.25, 0.3) is 10.2 Å². The van der Waals surface area contributed by atoms with Crippen molar-refractivity contribution in [3.8, 4) is 0 Å². The van der Waals surface area contributed by atoms with Gasteiger partial charge in [0.2, 0.25) is 11.5 Å². The van der Waals surface area contributed by atoms with Crippen LogP contribution in [-0.2, 0) is 0 Å². The number of aromatic nitrogens is 3. The third-order valence-electron chi connectivity index (χ3n) is 2.53. The van der Waals surface area contributed by atoms with Crippen molar-refractivity contribution < 1.29 is 9.42 Å². The number of benzene rings is 1. The zero-order valence-electron chi connectivity index (χ0n) is 10.3. The number of hydrogen-bond acceptors (Lipinski definition) is 8. The molecule has 0 saturated carbocycles. The maximum Gasteiger partial charge on any atom is 0.281 e. The fourth-order valence-electron chi connectivity index (χ4n) is 1.61. The molecule has 0 atom stereocenters. The summed E-state index contributed by atoms with van der Waals surface area (Å²) in [7, 11) is 0. The molecule has 3 N–H and O–H groups in total. The third kappa shape index (κ3) is 2.32. The lowest BCUT2D eigenvalue weighted by molar-refractivity contribution is 0.101. The van der Waals surface area contributed by atoms with Crippen molar-refractivity contribution in [2.45, 2.75) is 4.34 Å². The second-order valence-electron chi connectivity index (χ2n) is 3.82. The van der Waals surface area contributed by atoms with Crippen molar-refractivity contribution in [1.82, 2.24) is 15.3 Å². The summed E-state index contributed by atoms with van der Waals surface area (Å²) in [5.74, 6) is -0.497. The maximum absolute atomic E-state index is 11.9. The molecule has 3 rings (SSSR count). The molecule has 0 aliphatic carbocycles. The summed E-state index contributed by atoms with van der Waals surface area (Å²) in [5.41, 5.74) is 6.98. The number of anilines is 2. The number of thioether (sulfide) groups is 1. The molecule has 0 spiro atoms. The van der Waals surface area contributed by atoms with Gasteiger partial charge in [-0.2, -0.15) is 0 Å². The Balaban J connectivity index is 1.87. The number of nitrogen functional groups attached to an aromatic ring is 1. The Labute approximate surface area is 121 Å². The minimum Gasteiger partial charge on any atom is -0.379 e. The number of nitrogens with zero attached hydrogens (tertiary/aromatic N) is 3. The maximum atomic E-state index is 11.9. The van der Waals surface area contributed by atoms with Gasteiger partial charge in [0, 0.05) is 5.69 Å². The first-order valence-corrected chi connectivity index (χ1v) is 7.55. The van der Waals surface area contributed by atoms with Crippen molar-refractivity contribution in [1.29, 1.82) is 0 Å². The van der Waals surface area contributed by atoms with Crippen LogP contribution < -0.4 is 11.1 Å². The van der Waals surface area contributed by atoms with Gasteiger partial charge >= 0.3 is 0 Å². The van der Waals surface area contributed by atoms with E-state index in [0.717, 1.165) is 14.6 Å². The zero-order valence-corrected chi connectivity index (χ0v) is 11.9. The van der Waals surface area contributed by atoms with Crippen LogP contribution in [0.3, 0.4) is 0 Å². The fraction of sp³-hybridized carbons (Fsp3) is 0.0909. The zero-order chi connectivity index (χ0) is 14.1. The van der Waals surface area contributed by atoms with E-state index in [4.69, 9.17) is 5.73 Å². The Morgan fingerprint density at radius 1 is 1.45 bits per heavy atom. The number of hydrogen-bond donors (Lipinski definition) is 2. The van der Waals surface area contributed by atoms with Gasteiger partial charge in [-0.05, 0) is 34.8 Å². The third-order valence-corrected chi connectivity index (χ3v) is 4.53. The van der Waals surface area contributed by atoms with E-state index in [2.05, 4.69) is 25.2 Å². The number of carbonyl (C=O) groups is 1. The van der Waals surface area contributed by atoms with Crippen molar-refractivity contribution in [3.05, 3.63) is 23.9 Å². The van der Waals surface area contributed by atoms with Gasteiger partial charge in [0.15, 0.2) is 4.34 Å². The van der Waals surface area contributed by atoms with Crippen LogP contribution >= 0.6 is 23.1 Å². The van der Waals surface area contributed by atoms with Gasteiger partial charge in [0.25, 0.3) is 5.91 Å². The molecule has 0 aliphatic heterocycles. The first-order chi connectivity index (χ1) is 9.67. The summed E-state index contributed by atoms with van der Waals surface area (Å²) < 4.78 is 6.37. The number of nitrogens with one attached hydrogen (secondary N) is 1. The summed E-state index contributed by atoms with van der Waals surface area (Å²) in [6.45, 7) is 0. The first kappa shape index (κ1) is 12.9. The summed E-state index contributed by atoms with van der Waals surface area (Å²) >= 11 is 3.16. The van der Waals surface area contributed by atoms with Gasteiger partial charge in [0.05, 0.1) is 10.2 Å². The summed E-state index contributed by atoms with van der Waals surface area (Å²) in [6, 6.07) is 5.48. The summed E-state index contributed by atoms with van der Waals surface area (Å²) in [4.78, 5) is 16.4. The van der Waals surface area contributed by atoms with Gasteiger partial charge in [-0.15, -0.1) is 11.3 Å². The molecular weight excluding hydrogens is 298 g/mol. The van der Waals surface area contributed by atoms with Gasteiger partial charge < -0.3 is 11.1 Å².